The van der Waals surface area contributed by atoms with Gasteiger partial charge < -0.3 is 18.8 Å². The number of carbonyl (C=O) groups is 2. The summed E-state index contributed by atoms with van der Waals surface area (Å²) in [6.45, 7) is 1.03. The summed E-state index contributed by atoms with van der Waals surface area (Å²) >= 11 is 1.42. The third kappa shape index (κ3) is 4.23. The van der Waals surface area contributed by atoms with Gasteiger partial charge in [-0.1, -0.05) is 6.07 Å². The molecule has 0 unspecified atom stereocenters. The third-order valence-corrected chi connectivity index (χ3v) is 6.11. The van der Waals surface area contributed by atoms with Crippen LogP contribution >= 0.6 is 11.3 Å². The van der Waals surface area contributed by atoms with Gasteiger partial charge in [-0.05, 0) is 36.4 Å². The number of thiophene rings is 1. The molecule has 3 heterocycles. The molecule has 0 N–H and O–H groups in total. The Bertz CT molecular complexity index is 1110. The first-order valence-electron chi connectivity index (χ1n) is 9.65. The van der Waals surface area contributed by atoms with Crippen LogP contribution in [0.3, 0.4) is 0 Å². The van der Waals surface area contributed by atoms with Crippen LogP contribution in [0.15, 0.2) is 51.0 Å². The van der Waals surface area contributed by atoms with Crippen LogP contribution in [0, 0.1) is 5.92 Å². The Kier molecular flexibility index (Phi) is 5.85. The number of nitrogens with zero attached hydrogens (tertiary/aromatic N) is 1. The molecule has 2 aromatic heterocycles. The number of amides is 1. The lowest BCUT2D eigenvalue weighted by Crippen LogP contribution is -2.40. The zero-order chi connectivity index (χ0) is 21.1. The lowest BCUT2D eigenvalue weighted by atomic mass is 9.97. The quantitative estimate of drug-likeness (QED) is 0.458. The maximum atomic E-state index is 12.6. The van der Waals surface area contributed by atoms with E-state index in [1.165, 1.54) is 24.5 Å². The standard InChI is InChI=1S/C22H21NO6S/c1-27-16-4-5-17-15(11-20(24)29-18(17)12-16)13-28-22(26)14-6-8-23(9-7-14)21(25)19-3-2-10-30-19/h2-5,10-12,14H,6-9,13H2,1H3. The minimum absolute atomic E-state index is 0.00901. The van der Waals surface area contributed by atoms with Crippen molar-refractivity contribution in [3.63, 3.8) is 0 Å². The fourth-order valence-corrected chi connectivity index (χ4v) is 4.29. The Morgan fingerprint density at radius 2 is 2.00 bits per heavy atom. The van der Waals surface area contributed by atoms with E-state index >= 15 is 0 Å². The predicted molar refractivity (Wildman–Crippen MR) is 112 cm³/mol. The normalized spacial score (nSPS) is 14.6. The van der Waals surface area contributed by atoms with E-state index in [-0.39, 0.29) is 24.4 Å². The van der Waals surface area contributed by atoms with E-state index in [1.54, 1.807) is 23.1 Å². The second kappa shape index (κ2) is 8.71. The molecule has 0 spiro atoms. The van der Waals surface area contributed by atoms with E-state index in [4.69, 9.17) is 13.9 Å². The number of piperidine rings is 1. The lowest BCUT2D eigenvalue weighted by Gasteiger charge is -2.30. The Balaban J connectivity index is 1.37. The molecule has 156 valence electrons. The molecule has 1 fully saturated rings. The molecule has 3 aromatic rings. The van der Waals surface area contributed by atoms with Gasteiger partial charge >= 0.3 is 11.6 Å². The highest BCUT2D eigenvalue weighted by molar-refractivity contribution is 7.12. The largest absolute Gasteiger partial charge is 0.497 e. The zero-order valence-electron chi connectivity index (χ0n) is 16.5. The van der Waals surface area contributed by atoms with Crippen molar-refractivity contribution in [2.45, 2.75) is 19.4 Å². The Hall–Kier alpha value is -3.13. The second-order valence-corrected chi connectivity index (χ2v) is 8.05. The van der Waals surface area contributed by atoms with Gasteiger partial charge in [-0.25, -0.2) is 4.79 Å². The van der Waals surface area contributed by atoms with Crippen molar-refractivity contribution in [3.8, 4) is 5.75 Å². The van der Waals surface area contributed by atoms with Gasteiger partial charge in [-0.3, -0.25) is 9.59 Å². The van der Waals surface area contributed by atoms with Crippen LogP contribution in [0.25, 0.3) is 11.0 Å². The number of rotatable bonds is 5. The van der Waals surface area contributed by atoms with Gasteiger partial charge in [0.2, 0.25) is 0 Å². The summed E-state index contributed by atoms with van der Waals surface area (Å²) in [5.74, 6) is 0.00960. The number of methoxy groups -OCH3 is 1. The van der Waals surface area contributed by atoms with Crippen LogP contribution in [0.5, 0.6) is 5.75 Å². The molecule has 0 radical (unpaired) electrons. The van der Waals surface area contributed by atoms with Crippen molar-refractivity contribution < 1.29 is 23.5 Å². The van der Waals surface area contributed by atoms with Gasteiger partial charge in [-0.2, -0.15) is 0 Å². The molecule has 1 amide bonds. The molecule has 4 rings (SSSR count). The molecule has 0 aliphatic carbocycles. The van der Waals surface area contributed by atoms with Crippen LogP contribution < -0.4 is 10.4 Å². The molecule has 7 nitrogen and oxygen atoms in total. The first kappa shape index (κ1) is 20.2. The fourth-order valence-electron chi connectivity index (χ4n) is 3.60. The van der Waals surface area contributed by atoms with Crippen molar-refractivity contribution in [2.75, 3.05) is 20.2 Å². The topological polar surface area (TPSA) is 86.0 Å². The van der Waals surface area contributed by atoms with Crippen LogP contribution in [-0.2, 0) is 16.1 Å². The summed E-state index contributed by atoms with van der Waals surface area (Å²) < 4.78 is 15.9. The van der Waals surface area contributed by atoms with Crippen molar-refractivity contribution in [1.82, 2.24) is 4.90 Å². The molecule has 0 saturated carbocycles. The van der Waals surface area contributed by atoms with Gasteiger partial charge in [0.25, 0.3) is 5.91 Å². The molecule has 0 atom stereocenters. The van der Waals surface area contributed by atoms with E-state index in [2.05, 4.69) is 0 Å². The summed E-state index contributed by atoms with van der Waals surface area (Å²) in [6.07, 6.45) is 1.12. The summed E-state index contributed by atoms with van der Waals surface area (Å²) in [5, 5.41) is 2.57. The van der Waals surface area contributed by atoms with E-state index < -0.39 is 5.63 Å². The Labute approximate surface area is 176 Å². The maximum Gasteiger partial charge on any atom is 0.336 e. The molecule has 1 aliphatic heterocycles. The Morgan fingerprint density at radius 3 is 2.70 bits per heavy atom. The van der Waals surface area contributed by atoms with Gasteiger partial charge in [0.05, 0.1) is 17.9 Å². The van der Waals surface area contributed by atoms with Gasteiger partial charge in [0, 0.05) is 36.2 Å². The SMILES string of the molecule is COc1ccc2c(COC(=O)C3CCN(C(=O)c4cccs4)CC3)cc(=O)oc2c1. The fraction of sp³-hybridized carbons (Fsp3) is 0.318. The second-order valence-electron chi connectivity index (χ2n) is 7.10. The predicted octanol–water partition coefficient (Wildman–Crippen LogP) is 3.46. The Morgan fingerprint density at radius 1 is 1.20 bits per heavy atom. The highest BCUT2D eigenvalue weighted by Crippen LogP contribution is 2.25. The highest BCUT2D eigenvalue weighted by Gasteiger charge is 2.29. The average Bonchev–Trinajstić information content (AvgIpc) is 3.31. The zero-order valence-corrected chi connectivity index (χ0v) is 17.3. The first-order valence-corrected chi connectivity index (χ1v) is 10.5. The maximum absolute atomic E-state index is 12.6. The highest BCUT2D eigenvalue weighted by atomic mass is 32.1. The molecular weight excluding hydrogens is 406 g/mol. The molecule has 0 bridgehead atoms. The van der Waals surface area contributed by atoms with Crippen molar-refractivity contribution >= 4 is 34.2 Å². The molecular formula is C22H21NO6S. The number of benzene rings is 1. The summed E-state index contributed by atoms with van der Waals surface area (Å²) in [5.41, 5.74) is 0.457. The summed E-state index contributed by atoms with van der Waals surface area (Å²) in [7, 11) is 1.53. The summed E-state index contributed by atoms with van der Waals surface area (Å²) in [6, 6.07) is 10.2. The van der Waals surface area contributed by atoms with E-state index in [1.807, 2.05) is 17.5 Å². The van der Waals surface area contributed by atoms with Gasteiger partial charge in [0.15, 0.2) is 0 Å². The third-order valence-electron chi connectivity index (χ3n) is 5.25. The van der Waals surface area contributed by atoms with E-state index in [0.717, 1.165) is 0 Å². The number of hydrogen-bond donors (Lipinski definition) is 0. The van der Waals surface area contributed by atoms with Gasteiger partial charge in [-0.15, -0.1) is 11.3 Å². The van der Waals surface area contributed by atoms with Gasteiger partial charge in [0.1, 0.15) is 17.9 Å². The number of esters is 1. The average molecular weight is 427 g/mol. The molecule has 30 heavy (non-hydrogen) atoms. The van der Waals surface area contributed by atoms with Crippen LogP contribution in [0.4, 0.5) is 0 Å². The monoisotopic (exact) mass is 427 g/mol. The van der Waals surface area contributed by atoms with Crippen LogP contribution in [-0.4, -0.2) is 37.0 Å². The summed E-state index contributed by atoms with van der Waals surface area (Å²) in [4.78, 5) is 39.3. The number of hydrogen-bond acceptors (Lipinski definition) is 7. The number of fused-ring (bicyclic) bond motifs is 1. The van der Waals surface area contributed by atoms with Crippen molar-refractivity contribution in [2.24, 2.45) is 5.92 Å². The minimum atomic E-state index is -0.512. The van der Waals surface area contributed by atoms with Crippen LogP contribution in [0.1, 0.15) is 28.1 Å². The molecule has 1 saturated heterocycles. The van der Waals surface area contributed by atoms with Crippen molar-refractivity contribution in [3.05, 3.63) is 62.6 Å². The smallest absolute Gasteiger partial charge is 0.336 e. The number of likely N-dealkylation sites (tertiary alicyclic amines) is 1. The molecule has 1 aliphatic rings. The minimum Gasteiger partial charge on any atom is -0.497 e. The first-order chi connectivity index (χ1) is 14.5. The number of ether oxygens (including phenoxy) is 2. The number of carbonyl (C=O) groups excluding carboxylic acids is 2. The van der Waals surface area contributed by atoms with E-state index in [0.29, 0.717) is 53.1 Å². The van der Waals surface area contributed by atoms with Crippen LogP contribution in [0.2, 0.25) is 0 Å². The molecule has 8 heteroatoms. The van der Waals surface area contributed by atoms with E-state index in [9.17, 15) is 14.4 Å². The lowest BCUT2D eigenvalue weighted by molar-refractivity contribution is -0.151. The van der Waals surface area contributed by atoms with Crippen molar-refractivity contribution in [1.29, 1.82) is 0 Å². The molecule has 1 aromatic carbocycles.